The summed E-state index contributed by atoms with van der Waals surface area (Å²) in [5.41, 5.74) is -0.121. The molecule has 0 radical (unpaired) electrons. The van der Waals surface area contributed by atoms with Gasteiger partial charge in [0.25, 0.3) is 10.1 Å². The average molecular weight is 1840 g/mol. The summed E-state index contributed by atoms with van der Waals surface area (Å²) in [7, 11) is 1.81. The number of amides is 2. The van der Waals surface area contributed by atoms with E-state index in [0.717, 1.165) is 115 Å². The number of hydrogen-bond acceptors (Lipinski definition) is 25. The van der Waals surface area contributed by atoms with Crippen molar-refractivity contribution in [1.29, 1.82) is 0 Å². The molecule has 0 spiro atoms. The van der Waals surface area contributed by atoms with Crippen LogP contribution >= 0.6 is 15.9 Å². The quantitative estimate of drug-likeness (QED) is 0.0215. The maximum atomic E-state index is 11.8. The molecule has 20 saturated carbocycles. The minimum Gasteiger partial charge on any atom is -0.444 e. The molecule has 123 heavy (non-hydrogen) atoms. The van der Waals surface area contributed by atoms with Gasteiger partial charge < -0.3 is 107 Å². The summed E-state index contributed by atoms with van der Waals surface area (Å²) < 4.78 is 115. The predicted molar refractivity (Wildman–Crippen MR) is 476 cm³/mol. The fourth-order valence-corrected chi connectivity index (χ4v) is 27.0. The van der Waals surface area contributed by atoms with Gasteiger partial charge in [0.15, 0.2) is 0 Å². The van der Waals surface area contributed by atoms with Crippen LogP contribution in [0.1, 0.15) is 234 Å². The second kappa shape index (κ2) is 53.2. The Balaban J connectivity index is 0.000000168. The zero-order chi connectivity index (χ0) is 88.3. The van der Waals surface area contributed by atoms with Gasteiger partial charge in [-0.2, -0.15) is 8.42 Å². The van der Waals surface area contributed by atoms with E-state index in [4.69, 9.17) is 91.1 Å². The standard InChI is InChI=1S/C22H39NO5.C17H31NO3.C17H30O6S.C16H28O4.C10H15Br.C6H13NO2.C6H14O4/c1-21(2,3)28-20(24)23(4)5-6-25-7-8-26-9-10-27-22-14-17-11-18(15-22)13-19(12-17)16-22;1-18-2-3-19-4-5-20-6-7-21-17-11-14-8-15(12-17)10-16(9-14)13-17;1-24(18,19)23-7-5-21-3-2-20-4-6-22-17-11-14-8-15(12-17)10-16(9-14)13-17;17-1-2-18-3-4-19-5-6-20-16-10-13-7-14(11-16)9-15(8-13)12-16;11-10-4-7-1-8(5-10)3-9(2-7)6-10;1-6(2,3)9-5(8)7-4;7-1-3-9-5-6-10-4-2-8/h17-19H,5-16H2,1-4H3;14-16,18H,2-13H2,1H3;14-16H,2-13H2,1H3;13-15,17H,1-12H2;7-9H,1-6H2;1-4H3,(H,7,8);7-8H,1-6H2. The highest BCUT2D eigenvalue weighted by Gasteiger charge is 2.56. The summed E-state index contributed by atoms with van der Waals surface area (Å²) >= 11 is 3.96. The predicted octanol–water partition coefficient (Wildman–Crippen LogP) is 13.6. The monoisotopic (exact) mass is 1840 g/mol. The Morgan fingerprint density at radius 3 is 0.772 bits per heavy atom. The van der Waals surface area contributed by atoms with Gasteiger partial charge in [0.05, 0.1) is 214 Å². The van der Waals surface area contributed by atoms with Crippen LogP contribution < -0.4 is 10.6 Å². The lowest BCUT2D eigenvalue weighted by atomic mass is 9.54. The molecule has 0 aromatic rings. The number of aliphatic hydroxyl groups is 3. The van der Waals surface area contributed by atoms with Crippen molar-refractivity contribution in [2.45, 2.75) is 272 Å². The van der Waals surface area contributed by atoms with Crippen LogP contribution in [0.5, 0.6) is 0 Å². The Labute approximate surface area is 749 Å². The smallest absolute Gasteiger partial charge is 0.410 e. The summed E-state index contributed by atoms with van der Waals surface area (Å²) in [6.45, 7) is 26.1. The first-order valence-electron chi connectivity index (χ1n) is 48.1. The van der Waals surface area contributed by atoms with Crippen LogP contribution in [0.2, 0.25) is 0 Å². The molecule has 0 saturated heterocycles. The number of carbonyl (C=O) groups is 2. The van der Waals surface area contributed by atoms with Gasteiger partial charge in [-0.15, -0.1) is 0 Å². The van der Waals surface area contributed by atoms with Crippen molar-refractivity contribution < 1.29 is 113 Å². The van der Waals surface area contributed by atoms with Crippen molar-refractivity contribution in [3.05, 3.63) is 0 Å². The number of carbonyl (C=O) groups excluding carboxylic acids is 2. The van der Waals surface area contributed by atoms with Gasteiger partial charge in [-0.1, -0.05) is 15.9 Å². The molecule has 0 aromatic heterocycles. The molecule has 20 aliphatic carbocycles. The van der Waals surface area contributed by atoms with Crippen molar-refractivity contribution in [2.24, 2.45) is 88.8 Å². The third-order valence-electron chi connectivity index (χ3n) is 27.9. The highest BCUT2D eigenvalue weighted by Crippen LogP contribution is 2.62. The Bertz CT molecular complexity index is 2850. The molecule has 20 rings (SSSR count). The molecule has 29 heteroatoms. The molecular formula is C94H170BrN3O24S. The fourth-order valence-electron chi connectivity index (χ4n) is 25.3. The van der Waals surface area contributed by atoms with E-state index < -0.39 is 15.7 Å². The number of aliphatic hydroxyl groups excluding tert-OH is 3. The summed E-state index contributed by atoms with van der Waals surface area (Å²) in [6.07, 6.45) is 42.3. The van der Waals surface area contributed by atoms with Gasteiger partial charge in [0.1, 0.15) is 11.2 Å². The van der Waals surface area contributed by atoms with Gasteiger partial charge in [-0.05, 0) is 330 Å². The fraction of sp³-hybridized carbons (Fsp3) is 0.979. The number of hydrogen-bond donors (Lipinski definition) is 5. The Morgan fingerprint density at radius 1 is 0.341 bits per heavy atom. The summed E-state index contributed by atoms with van der Waals surface area (Å²) in [5.74, 6) is 14.4. The first-order chi connectivity index (χ1) is 58.9. The van der Waals surface area contributed by atoms with Crippen LogP contribution in [0, 0.1) is 88.8 Å². The van der Waals surface area contributed by atoms with Crippen LogP contribution in [0.15, 0.2) is 0 Å². The maximum Gasteiger partial charge on any atom is 0.410 e. The number of nitrogens with zero attached hydrogens (tertiary/aromatic N) is 1. The zero-order valence-electron chi connectivity index (χ0n) is 77.7. The van der Waals surface area contributed by atoms with E-state index in [2.05, 4.69) is 30.7 Å². The Hall–Kier alpha value is -1.79. The van der Waals surface area contributed by atoms with E-state index in [0.29, 0.717) is 150 Å². The first kappa shape index (κ1) is 105. The van der Waals surface area contributed by atoms with Gasteiger partial charge in [-0.25, -0.2) is 9.59 Å². The van der Waals surface area contributed by atoms with Gasteiger partial charge in [0.2, 0.25) is 0 Å². The van der Waals surface area contributed by atoms with Crippen LogP contribution in [0.3, 0.4) is 0 Å². The van der Waals surface area contributed by atoms with Crippen molar-refractivity contribution in [3.8, 4) is 0 Å². The molecule has 0 aromatic carbocycles. The second-order valence-electron chi connectivity index (χ2n) is 41.4. The van der Waals surface area contributed by atoms with Crippen molar-refractivity contribution in [1.82, 2.24) is 15.5 Å². The minimum atomic E-state index is -3.38. The maximum absolute atomic E-state index is 11.8. The molecule has 718 valence electrons. The lowest BCUT2D eigenvalue weighted by Gasteiger charge is -2.56. The second-order valence-corrected chi connectivity index (χ2v) is 44.8. The molecule has 0 unspecified atom stereocenters. The summed E-state index contributed by atoms with van der Waals surface area (Å²) in [4.78, 5) is 23.9. The summed E-state index contributed by atoms with van der Waals surface area (Å²) in [6, 6.07) is 0. The van der Waals surface area contributed by atoms with Gasteiger partial charge in [0, 0.05) is 31.5 Å². The molecule has 2 amide bonds. The number of ether oxygens (including phenoxy) is 16. The van der Waals surface area contributed by atoms with E-state index in [1.807, 2.05) is 48.6 Å². The van der Waals surface area contributed by atoms with E-state index >= 15 is 0 Å². The van der Waals surface area contributed by atoms with Crippen molar-refractivity contribution in [3.63, 3.8) is 0 Å². The Morgan fingerprint density at radius 2 is 0.561 bits per heavy atom. The molecule has 5 N–H and O–H groups in total. The van der Waals surface area contributed by atoms with Crippen molar-refractivity contribution in [2.75, 3.05) is 225 Å². The minimum absolute atomic E-state index is 0.0417. The number of alkyl carbamates (subject to hydrolysis) is 1. The number of likely N-dealkylation sites (N-methyl/N-ethyl adjacent to an activating group) is 2. The Kier molecular flexibility index (Phi) is 45.4. The normalized spacial score (nSPS) is 33.5. The molecule has 0 aliphatic heterocycles. The largest absolute Gasteiger partial charge is 0.444 e. The molecule has 0 heterocycles. The van der Waals surface area contributed by atoms with E-state index in [1.54, 1.807) is 26.3 Å². The SMILES string of the molecule is BrC12CC3CC(CC(C3)C1)C2.CN(CCOCCOCCOC12CC3CC(CC(C3)C1)C2)C(=O)OC(C)(C)C.CNC(=O)OC(C)(C)C.CNCCOCCOCCOC12CC3CC(CC(C3)C1)C2.CS(=O)(=O)OCCOCCOCCOC12CC3CC(CC(C3)C1)C2.OCCOCCOCCO.OCCOCCOCCOC12CC3CC(CC(C3)C1)C2. The van der Waals surface area contributed by atoms with Crippen LogP contribution in [-0.2, 0) is 90.1 Å². The lowest BCUT2D eigenvalue weighted by Crippen LogP contribution is -2.52. The van der Waals surface area contributed by atoms with Gasteiger partial charge >= 0.3 is 12.2 Å². The molecule has 20 fully saturated rings. The van der Waals surface area contributed by atoms with Gasteiger partial charge in [-0.3, -0.25) is 4.18 Å². The highest BCUT2D eigenvalue weighted by molar-refractivity contribution is 9.10. The topological polar surface area (TPSA) is 313 Å². The number of nitrogens with one attached hydrogen (secondary N) is 2. The van der Waals surface area contributed by atoms with Crippen LogP contribution in [0.4, 0.5) is 9.59 Å². The number of alkyl halides is 1. The molecule has 27 nitrogen and oxygen atoms in total. The van der Waals surface area contributed by atoms with Crippen molar-refractivity contribution >= 4 is 38.2 Å². The third-order valence-corrected chi connectivity index (χ3v) is 29.5. The average Bonchev–Trinajstić information content (AvgIpc) is 0.816. The lowest BCUT2D eigenvalue weighted by molar-refractivity contribution is -0.169. The molecule has 0 atom stereocenters. The van der Waals surface area contributed by atoms with Crippen LogP contribution in [0.25, 0.3) is 0 Å². The molecule has 20 aliphatic rings. The number of halogens is 1. The van der Waals surface area contributed by atoms with E-state index in [1.165, 1.54) is 185 Å². The molecule has 20 bridgehead atoms. The van der Waals surface area contributed by atoms with Crippen LogP contribution in [-0.4, -0.2) is 304 Å². The van der Waals surface area contributed by atoms with E-state index in [-0.39, 0.29) is 73.2 Å². The third kappa shape index (κ3) is 39.1. The molecular weight excluding hydrogens is 1670 g/mol. The van der Waals surface area contributed by atoms with E-state index in [9.17, 15) is 18.0 Å². The number of rotatable bonds is 47. The zero-order valence-corrected chi connectivity index (χ0v) is 80.1. The summed E-state index contributed by atoms with van der Waals surface area (Å²) in [5, 5.41) is 30.5. The first-order valence-corrected chi connectivity index (χ1v) is 50.7. The highest BCUT2D eigenvalue weighted by atomic mass is 79.9.